The molecule has 0 spiro atoms. The lowest BCUT2D eigenvalue weighted by molar-refractivity contribution is 0.865. The lowest BCUT2D eigenvalue weighted by atomic mass is 10.3. The molecular formula is C13H12N4. The van der Waals surface area contributed by atoms with Gasteiger partial charge >= 0.3 is 0 Å². The van der Waals surface area contributed by atoms with Gasteiger partial charge in [-0.2, -0.15) is 5.26 Å². The molecule has 17 heavy (non-hydrogen) atoms. The summed E-state index contributed by atoms with van der Waals surface area (Å²) in [5.41, 5.74) is 1.56. The lowest BCUT2D eigenvalue weighted by Gasteiger charge is -2.17. The van der Waals surface area contributed by atoms with E-state index in [9.17, 15) is 0 Å². The van der Waals surface area contributed by atoms with Crippen molar-refractivity contribution in [3.63, 3.8) is 0 Å². The first-order valence-electron chi connectivity index (χ1n) is 5.27. The van der Waals surface area contributed by atoms with Crippen molar-refractivity contribution in [3.05, 3.63) is 54.0 Å². The number of hydrogen-bond acceptors (Lipinski definition) is 4. The molecule has 0 amide bonds. The van der Waals surface area contributed by atoms with Crippen molar-refractivity contribution in [2.24, 2.45) is 0 Å². The zero-order valence-electron chi connectivity index (χ0n) is 9.54. The highest BCUT2D eigenvalue weighted by molar-refractivity contribution is 5.41. The number of hydrogen-bond donors (Lipinski definition) is 0. The quantitative estimate of drug-likeness (QED) is 0.800. The van der Waals surface area contributed by atoms with Crippen LogP contribution in [0.4, 0.5) is 5.82 Å². The fourth-order valence-electron chi connectivity index (χ4n) is 1.49. The first-order valence-corrected chi connectivity index (χ1v) is 5.27. The van der Waals surface area contributed by atoms with Crippen LogP contribution in [-0.4, -0.2) is 17.0 Å². The van der Waals surface area contributed by atoms with E-state index in [4.69, 9.17) is 5.26 Å². The van der Waals surface area contributed by atoms with Gasteiger partial charge in [0.25, 0.3) is 0 Å². The maximum atomic E-state index is 8.69. The van der Waals surface area contributed by atoms with Crippen molar-refractivity contribution in [1.82, 2.24) is 9.97 Å². The minimum atomic E-state index is 0.569. The normalized spacial score (nSPS) is 9.65. The van der Waals surface area contributed by atoms with Crippen LogP contribution in [0.25, 0.3) is 0 Å². The summed E-state index contributed by atoms with van der Waals surface area (Å²) in [6.07, 6.45) is 3.35. The van der Waals surface area contributed by atoms with E-state index in [0.717, 1.165) is 11.5 Å². The molecule has 2 rings (SSSR count). The Morgan fingerprint density at radius 1 is 1.24 bits per heavy atom. The molecule has 0 bridgehead atoms. The molecule has 0 N–H and O–H groups in total. The Labute approximate surface area is 100 Å². The van der Waals surface area contributed by atoms with Gasteiger partial charge in [0.1, 0.15) is 11.9 Å². The van der Waals surface area contributed by atoms with Gasteiger partial charge in [0.2, 0.25) is 0 Å². The number of pyridine rings is 2. The first-order chi connectivity index (χ1) is 8.29. The third-order valence-corrected chi connectivity index (χ3v) is 2.39. The van der Waals surface area contributed by atoms with Crippen LogP contribution in [-0.2, 0) is 6.54 Å². The van der Waals surface area contributed by atoms with Gasteiger partial charge in [-0.25, -0.2) is 4.98 Å². The molecule has 0 radical (unpaired) electrons. The standard InChI is InChI=1S/C13H12N4/c1-17(10-12-4-2-3-7-15-12)13-6-5-11(8-14)9-16-13/h2-7,9H,10H2,1H3. The monoisotopic (exact) mass is 224 g/mol. The maximum Gasteiger partial charge on any atom is 0.128 e. The SMILES string of the molecule is CN(Cc1ccccn1)c1ccc(C#N)cn1. The van der Waals surface area contributed by atoms with Crippen molar-refractivity contribution in [2.75, 3.05) is 11.9 Å². The molecule has 2 heterocycles. The first kappa shape index (κ1) is 11.1. The van der Waals surface area contributed by atoms with Crippen LogP contribution in [0.5, 0.6) is 0 Å². The molecule has 0 unspecified atom stereocenters. The summed E-state index contributed by atoms with van der Waals surface area (Å²) in [6, 6.07) is 11.5. The van der Waals surface area contributed by atoms with Crippen molar-refractivity contribution in [2.45, 2.75) is 6.54 Å². The van der Waals surface area contributed by atoms with E-state index >= 15 is 0 Å². The summed E-state index contributed by atoms with van der Waals surface area (Å²) >= 11 is 0. The van der Waals surface area contributed by atoms with Gasteiger partial charge < -0.3 is 4.90 Å². The average molecular weight is 224 g/mol. The number of nitrogens with zero attached hydrogens (tertiary/aromatic N) is 4. The summed E-state index contributed by atoms with van der Waals surface area (Å²) < 4.78 is 0. The Morgan fingerprint density at radius 2 is 2.12 bits per heavy atom. The van der Waals surface area contributed by atoms with E-state index in [1.807, 2.05) is 42.3 Å². The molecule has 0 aliphatic heterocycles. The van der Waals surface area contributed by atoms with Crippen LogP contribution >= 0.6 is 0 Å². The molecular weight excluding hydrogens is 212 g/mol. The van der Waals surface area contributed by atoms with Crippen LogP contribution in [0.2, 0.25) is 0 Å². The fraction of sp³-hybridized carbons (Fsp3) is 0.154. The maximum absolute atomic E-state index is 8.69. The molecule has 4 heteroatoms. The van der Waals surface area contributed by atoms with E-state index in [1.54, 1.807) is 18.5 Å². The third kappa shape index (κ3) is 2.79. The number of anilines is 1. The lowest BCUT2D eigenvalue weighted by Crippen LogP contribution is -2.18. The van der Waals surface area contributed by atoms with Gasteiger partial charge in [0.05, 0.1) is 17.8 Å². The molecule has 0 aliphatic carbocycles. The molecule has 2 aromatic heterocycles. The molecule has 2 aromatic rings. The fourth-order valence-corrected chi connectivity index (χ4v) is 1.49. The molecule has 0 saturated carbocycles. The van der Waals surface area contributed by atoms with Crippen LogP contribution < -0.4 is 4.90 Å². The van der Waals surface area contributed by atoms with Gasteiger partial charge in [-0.15, -0.1) is 0 Å². The topological polar surface area (TPSA) is 52.8 Å². The van der Waals surface area contributed by atoms with Crippen molar-refractivity contribution >= 4 is 5.82 Å². The van der Waals surface area contributed by atoms with E-state index in [0.29, 0.717) is 12.1 Å². The molecule has 0 aromatic carbocycles. The summed E-state index contributed by atoms with van der Waals surface area (Å²) in [7, 11) is 1.95. The highest BCUT2D eigenvalue weighted by Gasteiger charge is 2.03. The second-order valence-corrected chi connectivity index (χ2v) is 3.69. The summed E-state index contributed by atoms with van der Waals surface area (Å²) in [6.45, 7) is 0.694. The Balaban J connectivity index is 2.10. The minimum absolute atomic E-state index is 0.569. The van der Waals surface area contributed by atoms with Gasteiger partial charge in [-0.05, 0) is 24.3 Å². The summed E-state index contributed by atoms with van der Waals surface area (Å²) in [4.78, 5) is 10.5. The number of aromatic nitrogens is 2. The second-order valence-electron chi connectivity index (χ2n) is 3.69. The third-order valence-electron chi connectivity index (χ3n) is 2.39. The average Bonchev–Trinajstić information content (AvgIpc) is 2.40. The number of rotatable bonds is 3. The zero-order valence-corrected chi connectivity index (χ0v) is 9.54. The van der Waals surface area contributed by atoms with Crippen LogP contribution in [0.3, 0.4) is 0 Å². The van der Waals surface area contributed by atoms with Crippen molar-refractivity contribution < 1.29 is 0 Å². The molecule has 84 valence electrons. The summed E-state index contributed by atoms with van der Waals surface area (Å²) in [5.74, 6) is 0.828. The van der Waals surface area contributed by atoms with Gasteiger partial charge in [0, 0.05) is 19.4 Å². The highest BCUT2D eigenvalue weighted by Crippen LogP contribution is 2.11. The van der Waals surface area contributed by atoms with E-state index in [-0.39, 0.29) is 0 Å². The van der Waals surface area contributed by atoms with Crippen molar-refractivity contribution in [3.8, 4) is 6.07 Å². The molecule has 4 nitrogen and oxygen atoms in total. The predicted octanol–water partition coefficient (Wildman–Crippen LogP) is 1.98. The smallest absolute Gasteiger partial charge is 0.128 e. The highest BCUT2D eigenvalue weighted by atomic mass is 15.2. The Bertz CT molecular complexity index is 513. The van der Waals surface area contributed by atoms with Gasteiger partial charge in [0.15, 0.2) is 0 Å². The molecule has 0 aliphatic rings. The Hall–Kier alpha value is -2.41. The Morgan fingerprint density at radius 3 is 2.71 bits per heavy atom. The predicted molar refractivity (Wildman–Crippen MR) is 65.3 cm³/mol. The van der Waals surface area contributed by atoms with E-state index in [2.05, 4.69) is 9.97 Å². The van der Waals surface area contributed by atoms with Crippen LogP contribution in [0, 0.1) is 11.3 Å². The molecule has 0 fully saturated rings. The number of nitriles is 1. The minimum Gasteiger partial charge on any atom is -0.354 e. The van der Waals surface area contributed by atoms with Crippen molar-refractivity contribution in [1.29, 1.82) is 5.26 Å². The molecule has 0 saturated heterocycles. The van der Waals surface area contributed by atoms with Crippen LogP contribution in [0.1, 0.15) is 11.3 Å². The van der Waals surface area contributed by atoms with Gasteiger partial charge in [-0.1, -0.05) is 6.07 Å². The largest absolute Gasteiger partial charge is 0.354 e. The Kier molecular flexibility index (Phi) is 3.31. The summed E-state index contributed by atoms with van der Waals surface area (Å²) in [5, 5.41) is 8.69. The van der Waals surface area contributed by atoms with E-state index in [1.165, 1.54) is 0 Å². The molecule has 0 atom stereocenters. The second kappa shape index (κ2) is 5.08. The van der Waals surface area contributed by atoms with Gasteiger partial charge in [-0.3, -0.25) is 4.98 Å². The van der Waals surface area contributed by atoms with E-state index < -0.39 is 0 Å². The zero-order chi connectivity index (χ0) is 12.1. The van der Waals surface area contributed by atoms with Crippen LogP contribution in [0.15, 0.2) is 42.7 Å².